The van der Waals surface area contributed by atoms with Crippen LogP contribution in [-0.2, 0) is 9.59 Å². The van der Waals surface area contributed by atoms with Gasteiger partial charge in [0.15, 0.2) is 0 Å². The number of amides is 3. The summed E-state index contributed by atoms with van der Waals surface area (Å²) < 4.78 is 0. The van der Waals surface area contributed by atoms with E-state index in [1.54, 1.807) is 12.3 Å². The van der Waals surface area contributed by atoms with Gasteiger partial charge in [0, 0.05) is 26.1 Å². The number of piperidine rings is 2. The third-order valence-corrected chi connectivity index (χ3v) is 4.99. The fourth-order valence-corrected chi connectivity index (χ4v) is 3.48. The average Bonchev–Trinajstić information content (AvgIpc) is 2.61. The molecule has 3 amide bonds. The van der Waals surface area contributed by atoms with E-state index in [-0.39, 0.29) is 24.6 Å². The van der Waals surface area contributed by atoms with Crippen molar-refractivity contribution in [2.24, 2.45) is 11.7 Å². The molecule has 1 atom stereocenters. The van der Waals surface area contributed by atoms with Crippen molar-refractivity contribution in [3.8, 4) is 0 Å². The summed E-state index contributed by atoms with van der Waals surface area (Å²) in [7, 11) is 0. The number of nitrogens with two attached hydrogens (primary N) is 1. The zero-order valence-electron chi connectivity index (χ0n) is 13.9. The van der Waals surface area contributed by atoms with E-state index < -0.39 is 17.7 Å². The van der Waals surface area contributed by atoms with Gasteiger partial charge in [-0.25, -0.2) is 4.98 Å². The maximum Gasteiger partial charge on any atom is 0.267 e. The molecule has 0 aromatic carbocycles. The summed E-state index contributed by atoms with van der Waals surface area (Å²) in [6, 6.07) is 1.78. The number of primary amides is 1. The lowest BCUT2D eigenvalue weighted by Crippen LogP contribution is -2.40. The first-order valence-electron chi connectivity index (χ1n) is 8.49. The van der Waals surface area contributed by atoms with Crippen LogP contribution in [0, 0.1) is 5.92 Å². The van der Waals surface area contributed by atoms with Crippen molar-refractivity contribution in [3.63, 3.8) is 0 Å². The van der Waals surface area contributed by atoms with Crippen molar-refractivity contribution in [3.05, 3.63) is 23.5 Å². The summed E-state index contributed by atoms with van der Waals surface area (Å²) in [6.45, 7) is 1.74. The second kappa shape index (κ2) is 7.18. The van der Waals surface area contributed by atoms with Gasteiger partial charge in [-0.3, -0.25) is 19.7 Å². The summed E-state index contributed by atoms with van der Waals surface area (Å²) in [5.41, 5.74) is 6.78. The Morgan fingerprint density at radius 3 is 2.64 bits per heavy atom. The van der Waals surface area contributed by atoms with Crippen LogP contribution in [0.1, 0.15) is 47.7 Å². The molecule has 1 aromatic rings. The molecule has 2 aliphatic rings. The molecule has 0 saturated carbocycles. The maximum atomic E-state index is 12.2. The minimum Gasteiger partial charge on any atom is -0.396 e. The first kappa shape index (κ1) is 17.3. The van der Waals surface area contributed by atoms with Crippen LogP contribution in [0.4, 0.5) is 5.69 Å². The van der Waals surface area contributed by atoms with Crippen molar-refractivity contribution in [2.75, 3.05) is 24.6 Å². The Labute approximate surface area is 145 Å². The number of carbonyl (C=O) groups is 3. The predicted molar refractivity (Wildman–Crippen MR) is 89.9 cm³/mol. The first-order chi connectivity index (χ1) is 12.0. The standard InChI is InChI=1S/C17H22N4O4/c18-16(24)15-13(12-1-2-14(23)20-17(12)25)7-11(8-19-15)21-5-3-10(9-22)4-6-21/h7-8,10,12,22H,1-6,9H2,(H2,18,24)(H,20,23,25). The SMILES string of the molecule is NC(=O)c1ncc(N2CCC(CO)CC2)cc1C1CCC(=O)NC1=O. The number of nitrogens with zero attached hydrogens (tertiary/aromatic N) is 2. The first-order valence-corrected chi connectivity index (χ1v) is 8.49. The zero-order valence-corrected chi connectivity index (χ0v) is 13.9. The van der Waals surface area contributed by atoms with Gasteiger partial charge in [0.1, 0.15) is 5.69 Å². The van der Waals surface area contributed by atoms with Crippen LogP contribution in [-0.4, -0.2) is 47.5 Å². The zero-order chi connectivity index (χ0) is 18.0. The number of aromatic nitrogens is 1. The van der Waals surface area contributed by atoms with E-state index in [4.69, 9.17) is 5.73 Å². The van der Waals surface area contributed by atoms with Crippen LogP contribution < -0.4 is 16.0 Å². The Bertz CT molecular complexity index is 698. The number of rotatable bonds is 4. The molecule has 3 heterocycles. The van der Waals surface area contributed by atoms with E-state index in [0.717, 1.165) is 31.6 Å². The van der Waals surface area contributed by atoms with Crippen molar-refractivity contribution in [1.82, 2.24) is 10.3 Å². The lowest BCUT2D eigenvalue weighted by molar-refractivity contribution is -0.134. The number of anilines is 1. The lowest BCUT2D eigenvalue weighted by atomic mass is 9.88. The monoisotopic (exact) mass is 346 g/mol. The van der Waals surface area contributed by atoms with Gasteiger partial charge in [-0.05, 0) is 36.8 Å². The second-order valence-electron chi connectivity index (χ2n) is 6.61. The largest absolute Gasteiger partial charge is 0.396 e. The van der Waals surface area contributed by atoms with Crippen molar-refractivity contribution in [2.45, 2.75) is 31.6 Å². The van der Waals surface area contributed by atoms with Gasteiger partial charge in [-0.2, -0.15) is 0 Å². The molecule has 0 aliphatic carbocycles. The van der Waals surface area contributed by atoms with Crippen LogP contribution >= 0.6 is 0 Å². The van der Waals surface area contributed by atoms with E-state index >= 15 is 0 Å². The summed E-state index contributed by atoms with van der Waals surface area (Å²) >= 11 is 0. The van der Waals surface area contributed by atoms with Crippen molar-refractivity contribution >= 4 is 23.4 Å². The highest BCUT2D eigenvalue weighted by Crippen LogP contribution is 2.31. The molecule has 8 heteroatoms. The Morgan fingerprint density at radius 1 is 1.32 bits per heavy atom. The molecule has 8 nitrogen and oxygen atoms in total. The minimum atomic E-state index is -0.690. The number of pyridine rings is 1. The number of nitrogens with one attached hydrogen (secondary N) is 1. The molecule has 0 spiro atoms. The molecule has 0 bridgehead atoms. The molecule has 0 radical (unpaired) electrons. The van der Waals surface area contributed by atoms with Gasteiger partial charge in [-0.1, -0.05) is 0 Å². The molecule has 25 heavy (non-hydrogen) atoms. The summed E-state index contributed by atoms with van der Waals surface area (Å²) in [5.74, 6) is -1.72. The minimum absolute atomic E-state index is 0.0727. The van der Waals surface area contributed by atoms with E-state index in [1.807, 2.05) is 0 Å². The van der Waals surface area contributed by atoms with Gasteiger partial charge in [0.25, 0.3) is 5.91 Å². The van der Waals surface area contributed by atoms with Gasteiger partial charge < -0.3 is 15.7 Å². The van der Waals surface area contributed by atoms with Gasteiger partial charge in [0.05, 0.1) is 17.8 Å². The molecule has 1 unspecified atom stereocenters. The molecular weight excluding hydrogens is 324 g/mol. The number of imide groups is 1. The predicted octanol–water partition coefficient (Wildman–Crippen LogP) is -0.0906. The third kappa shape index (κ3) is 3.63. The van der Waals surface area contributed by atoms with E-state index in [0.29, 0.717) is 17.9 Å². The van der Waals surface area contributed by atoms with E-state index in [2.05, 4.69) is 15.2 Å². The van der Waals surface area contributed by atoms with E-state index in [1.165, 1.54) is 0 Å². The summed E-state index contributed by atoms with van der Waals surface area (Å²) in [5, 5.41) is 11.6. The third-order valence-electron chi connectivity index (χ3n) is 4.99. The number of hydrogen-bond acceptors (Lipinski definition) is 6. The number of aliphatic hydroxyl groups is 1. The normalized spacial score (nSPS) is 22.0. The molecule has 2 fully saturated rings. The average molecular weight is 346 g/mol. The Kier molecular flexibility index (Phi) is 4.98. The summed E-state index contributed by atoms with van der Waals surface area (Å²) in [4.78, 5) is 41.6. The lowest BCUT2D eigenvalue weighted by Gasteiger charge is -2.33. The Morgan fingerprint density at radius 2 is 2.04 bits per heavy atom. The van der Waals surface area contributed by atoms with Gasteiger partial charge in [0.2, 0.25) is 11.8 Å². The molecule has 3 rings (SSSR count). The molecular formula is C17H22N4O4. The summed E-state index contributed by atoms with van der Waals surface area (Å²) in [6.07, 6.45) is 3.90. The Balaban J connectivity index is 1.89. The molecule has 134 valence electrons. The highest BCUT2D eigenvalue weighted by atomic mass is 16.3. The quantitative estimate of drug-likeness (QED) is 0.654. The van der Waals surface area contributed by atoms with Crippen molar-refractivity contribution in [1.29, 1.82) is 0 Å². The van der Waals surface area contributed by atoms with Crippen LogP contribution in [0.25, 0.3) is 0 Å². The van der Waals surface area contributed by atoms with Crippen molar-refractivity contribution < 1.29 is 19.5 Å². The topological polar surface area (TPSA) is 126 Å². The number of carbonyl (C=O) groups excluding carboxylic acids is 3. The molecule has 2 aliphatic heterocycles. The maximum absolute atomic E-state index is 12.2. The molecule has 2 saturated heterocycles. The van der Waals surface area contributed by atoms with E-state index in [9.17, 15) is 19.5 Å². The smallest absolute Gasteiger partial charge is 0.267 e. The highest BCUT2D eigenvalue weighted by Gasteiger charge is 2.32. The van der Waals surface area contributed by atoms with Crippen LogP contribution in [0.2, 0.25) is 0 Å². The molecule has 1 aromatic heterocycles. The van der Waals surface area contributed by atoms with Gasteiger partial charge >= 0.3 is 0 Å². The highest BCUT2D eigenvalue weighted by molar-refractivity contribution is 6.03. The van der Waals surface area contributed by atoms with Crippen LogP contribution in [0.5, 0.6) is 0 Å². The number of hydrogen-bond donors (Lipinski definition) is 3. The van der Waals surface area contributed by atoms with Gasteiger partial charge in [-0.15, -0.1) is 0 Å². The fraction of sp³-hybridized carbons (Fsp3) is 0.529. The number of aliphatic hydroxyl groups excluding tert-OH is 1. The molecule has 4 N–H and O–H groups in total. The van der Waals surface area contributed by atoms with Crippen LogP contribution in [0.3, 0.4) is 0 Å². The Hall–Kier alpha value is -2.48. The second-order valence-corrected chi connectivity index (χ2v) is 6.61. The fourth-order valence-electron chi connectivity index (χ4n) is 3.48. The van der Waals surface area contributed by atoms with Crippen LogP contribution in [0.15, 0.2) is 12.3 Å².